The van der Waals surface area contributed by atoms with Crippen molar-refractivity contribution < 1.29 is 4.74 Å². The van der Waals surface area contributed by atoms with Crippen LogP contribution < -0.4 is 11.3 Å². The van der Waals surface area contributed by atoms with Gasteiger partial charge in [0.25, 0.3) is 0 Å². The van der Waals surface area contributed by atoms with Gasteiger partial charge in [0.2, 0.25) is 0 Å². The van der Waals surface area contributed by atoms with E-state index in [1.165, 1.54) is 25.7 Å². The zero-order valence-electron chi connectivity index (χ0n) is 11.8. The third-order valence-corrected chi connectivity index (χ3v) is 4.24. The molecule has 17 heavy (non-hydrogen) atoms. The van der Waals surface area contributed by atoms with E-state index in [-0.39, 0.29) is 5.60 Å². The molecule has 1 fully saturated rings. The number of nitrogens with one attached hydrogen (secondary N) is 1. The van der Waals surface area contributed by atoms with Crippen molar-refractivity contribution in [2.24, 2.45) is 11.8 Å². The first-order valence-electron chi connectivity index (χ1n) is 7.28. The lowest BCUT2D eigenvalue weighted by Crippen LogP contribution is -2.56. The van der Waals surface area contributed by atoms with Crippen LogP contribution in [0.5, 0.6) is 0 Å². The van der Waals surface area contributed by atoms with Gasteiger partial charge in [-0.3, -0.25) is 11.3 Å². The summed E-state index contributed by atoms with van der Waals surface area (Å²) in [5, 5.41) is 0. The number of hydrazine groups is 1. The van der Waals surface area contributed by atoms with E-state index in [2.05, 4.69) is 26.2 Å². The quantitative estimate of drug-likeness (QED) is 0.533. The van der Waals surface area contributed by atoms with Gasteiger partial charge >= 0.3 is 0 Å². The van der Waals surface area contributed by atoms with Crippen molar-refractivity contribution in [3.05, 3.63) is 0 Å². The van der Waals surface area contributed by atoms with Crippen molar-refractivity contribution in [2.75, 3.05) is 6.61 Å². The van der Waals surface area contributed by atoms with E-state index in [1.54, 1.807) is 0 Å². The van der Waals surface area contributed by atoms with Crippen molar-refractivity contribution in [3.8, 4) is 0 Å². The zero-order chi connectivity index (χ0) is 12.7. The maximum atomic E-state index is 6.13. The van der Waals surface area contributed by atoms with Gasteiger partial charge in [0.15, 0.2) is 0 Å². The Kier molecular flexibility index (Phi) is 6.45. The fourth-order valence-electron chi connectivity index (χ4n) is 3.04. The second-order valence-electron chi connectivity index (χ2n) is 5.54. The summed E-state index contributed by atoms with van der Waals surface area (Å²) >= 11 is 0. The molecule has 1 rings (SSSR count). The van der Waals surface area contributed by atoms with Crippen LogP contribution in [0.2, 0.25) is 0 Å². The molecule has 1 unspecified atom stereocenters. The van der Waals surface area contributed by atoms with Crippen molar-refractivity contribution in [1.29, 1.82) is 0 Å². The molecule has 0 amide bonds. The average Bonchev–Trinajstić information content (AvgIpc) is 2.34. The highest BCUT2D eigenvalue weighted by atomic mass is 16.5. The minimum Gasteiger partial charge on any atom is -0.374 e. The lowest BCUT2D eigenvalue weighted by atomic mass is 9.74. The molecule has 1 atom stereocenters. The molecule has 3 heteroatoms. The Bertz CT molecular complexity index is 200. The van der Waals surface area contributed by atoms with Gasteiger partial charge in [-0.25, -0.2) is 0 Å². The van der Waals surface area contributed by atoms with E-state index in [0.717, 1.165) is 31.8 Å². The molecular weight excluding hydrogens is 212 g/mol. The first kappa shape index (κ1) is 14.9. The van der Waals surface area contributed by atoms with Crippen molar-refractivity contribution in [3.63, 3.8) is 0 Å². The first-order valence-corrected chi connectivity index (χ1v) is 7.28. The predicted octanol–water partition coefficient (Wildman–Crippen LogP) is 2.99. The highest BCUT2D eigenvalue weighted by Gasteiger charge is 2.41. The summed E-state index contributed by atoms with van der Waals surface area (Å²) in [5.74, 6) is 6.61. The molecule has 0 bridgehead atoms. The smallest absolute Gasteiger partial charge is 0.0848 e. The molecule has 3 N–H and O–H groups in total. The molecule has 102 valence electrons. The predicted molar refractivity (Wildman–Crippen MR) is 72.6 cm³/mol. The second kappa shape index (κ2) is 7.34. The third kappa shape index (κ3) is 3.94. The summed E-state index contributed by atoms with van der Waals surface area (Å²) in [5.41, 5.74) is 3.01. The van der Waals surface area contributed by atoms with Gasteiger partial charge in [-0.2, -0.15) is 0 Å². The first-order chi connectivity index (χ1) is 8.18. The van der Waals surface area contributed by atoms with Gasteiger partial charge in [-0.05, 0) is 44.9 Å². The molecule has 1 saturated carbocycles. The van der Waals surface area contributed by atoms with E-state index in [9.17, 15) is 0 Å². The van der Waals surface area contributed by atoms with Gasteiger partial charge in [-0.15, -0.1) is 0 Å². The highest BCUT2D eigenvalue weighted by Crippen LogP contribution is 2.38. The summed E-state index contributed by atoms with van der Waals surface area (Å²) in [6.07, 6.45) is 8.41. The Morgan fingerprint density at radius 1 is 1.35 bits per heavy atom. The van der Waals surface area contributed by atoms with Crippen LogP contribution in [0.4, 0.5) is 0 Å². The summed E-state index contributed by atoms with van der Waals surface area (Å²) in [7, 11) is 0. The summed E-state index contributed by atoms with van der Waals surface area (Å²) < 4.78 is 6.13. The summed E-state index contributed by atoms with van der Waals surface area (Å²) in [6, 6.07) is 0.315. The normalized spacial score (nSPS) is 31.4. The van der Waals surface area contributed by atoms with Gasteiger partial charge in [0, 0.05) is 6.61 Å². The average molecular weight is 242 g/mol. The maximum Gasteiger partial charge on any atom is 0.0848 e. The Hall–Kier alpha value is -0.120. The van der Waals surface area contributed by atoms with Crippen molar-refractivity contribution >= 4 is 0 Å². The fourth-order valence-corrected chi connectivity index (χ4v) is 3.04. The van der Waals surface area contributed by atoms with Gasteiger partial charge in [0.1, 0.15) is 0 Å². The van der Waals surface area contributed by atoms with E-state index < -0.39 is 0 Å². The minimum atomic E-state index is -0.00875. The van der Waals surface area contributed by atoms with Gasteiger partial charge < -0.3 is 4.74 Å². The lowest BCUT2D eigenvalue weighted by Gasteiger charge is -2.44. The summed E-state index contributed by atoms with van der Waals surface area (Å²) in [6.45, 7) is 7.45. The number of hydrogen-bond acceptors (Lipinski definition) is 3. The molecule has 0 aromatic carbocycles. The van der Waals surface area contributed by atoms with Crippen LogP contribution in [-0.2, 0) is 4.74 Å². The topological polar surface area (TPSA) is 47.3 Å². The molecular formula is C14H30N2O. The maximum absolute atomic E-state index is 6.13. The zero-order valence-corrected chi connectivity index (χ0v) is 11.8. The molecule has 0 spiro atoms. The molecule has 0 radical (unpaired) electrons. The lowest BCUT2D eigenvalue weighted by molar-refractivity contribution is -0.0981. The van der Waals surface area contributed by atoms with E-state index in [1.807, 2.05) is 0 Å². The van der Waals surface area contributed by atoms with Crippen LogP contribution in [-0.4, -0.2) is 18.2 Å². The van der Waals surface area contributed by atoms with Crippen LogP contribution in [0.3, 0.4) is 0 Å². The van der Waals surface area contributed by atoms with Crippen molar-refractivity contribution in [1.82, 2.24) is 5.43 Å². The standard InChI is InChI=1S/C14H30N2O/c1-4-6-7-13(16-15)14(17-5-2)10-8-12(3)9-11-14/h12-13,16H,4-11,15H2,1-3H3. The Balaban J connectivity index is 2.66. The van der Waals surface area contributed by atoms with Gasteiger partial charge in [-0.1, -0.05) is 26.7 Å². The number of rotatable bonds is 7. The van der Waals surface area contributed by atoms with E-state index in [4.69, 9.17) is 10.6 Å². The Morgan fingerprint density at radius 2 is 2.00 bits per heavy atom. The van der Waals surface area contributed by atoms with E-state index >= 15 is 0 Å². The molecule has 1 aliphatic carbocycles. The molecule has 0 saturated heterocycles. The van der Waals surface area contributed by atoms with Crippen molar-refractivity contribution in [2.45, 2.75) is 77.4 Å². The minimum absolute atomic E-state index is 0.00875. The molecule has 1 aliphatic rings. The highest BCUT2D eigenvalue weighted by molar-refractivity contribution is 4.95. The van der Waals surface area contributed by atoms with Crippen LogP contribution in [0.25, 0.3) is 0 Å². The van der Waals surface area contributed by atoms with Crippen LogP contribution >= 0.6 is 0 Å². The molecule has 0 aromatic heterocycles. The largest absolute Gasteiger partial charge is 0.374 e. The fraction of sp³-hybridized carbons (Fsp3) is 1.00. The molecule has 0 heterocycles. The van der Waals surface area contributed by atoms with Gasteiger partial charge in [0.05, 0.1) is 11.6 Å². The molecule has 3 nitrogen and oxygen atoms in total. The Labute approximate surface area is 106 Å². The SMILES string of the molecule is CCCCC(NN)C1(OCC)CCC(C)CC1. The van der Waals surface area contributed by atoms with Crippen LogP contribution in [0, 0.1) is 5.92 Å². The monoisotopic (exact) mass is 242 g/mol. The van der Waals surface area contributed by atoms with Crippen LogP contribution in [0.15, 0.2) is 0 Å². The number of ether oxygens (including phenoxy) is 1. The third-order valence-electron chi connectivity index (χ3n) is 4.24. The van der Waals surface area contributed by atoms with E-state index in [0.29, 0.717) is 6.04 Å². The van der Waals surface area contributed by atoms with Crippen LogP contribution in [0.1, 0.15) is 65.7 Å². The summed E-state index contributed by atoms with van der Waals surface area (Å²) in [4.78, 5) is 0. The Morgan fingerprint density at radius 3 is 2.47 bits per heavy atom. The second-order valence-corrected chi connectivity index (χ2v) is 5.54. The number of nitrogens with two attached hydrogens (primary N) is 1. The number of hydrogen-bond donors (Lipinski definition) is 2. The molecule has 0 aromatic rings. The number of unbranched alkanes of at least 4 members (excludes halogenated alkanes) is 1. The molecule has 0 aliphatic heterocycles.